The van der Waals surface area contributed by atoms with E-state index in [1.165, 1.54) is 29.7 Å². The van der Waals surface area contributed by atoms with Gasteiger partial charge in [0, 0.05) is 17.0 Å². The van der Waals surface area contributed by atoms with Crippen molar-refractivity contribution >= 4 is 17.2 Å². The summed E-state index contributed by atoms with van der Waals surface area (Å²) >= 11 is 1.47. The van der Waals surface area contributed by atoms with Crippen molar-refractivity contribution < 1.29 is 18.0 Å². The lowest BCUT2D eigenvalue weighted by Gasteiger charge is -2.20. The summed E-state index contributed by atoms with van der Waals surface area (Å²) in [6, 6.07) is 9.61. The van der Waals surface area contributed by atoms with Crippen molar-refractivity contribution in [2.24, 2.45) is 0 Å². The van der Waals surface area contributed by atoms with E-state index in [2.05, 4.69) is 15.2 Å². The van der Waals surface area contributed by atoms with Crippen LogP contribution in [0.4, 0.5) is 4.39 Å². The molecule has 0 bridgehead atoms. The van der Waals surface area contributed by atoms with Gasteiger partial charge >= 0.3 is 0 Å². The molecule has 4 aromatic rings. The van der Waals surface area contributed by atoms with E-state index in [0.29, 0.717) is 23.9 Å². The number of amides is 1. The van der Waals surface area contributed by atoms with Crippen LogP contribution in [0.15, 0.2) is 51.5 Å². The smallest absolute Gasteiger partial charge is 0.283 e. The Kier molecular flexibility index (Phi) is 6.22. The molecule has 0 saturated carbocycles. The van der Waals surface area contributed by atoms with E-state index >= 15 is 0 Å². The average molecular weight is 441 g/mol. The molecule has 31 heavy (non-hydrogen) atoms. The van der Waals surface area contributed by atoms with Crippen molar-refractivity contribution in [1.82, 2.24) is 20.1 Å². The number of halogens is 1. The number of benzene rings is 1. The van der Waals surface area contributed by atoms with Gasteiger partial charge in [-0.25, -0.2) is 9.37 Å². The first kappa shape index (κ1) is 20.9. The van der Waals surface area contributed by atoms with Gasteiger partial charge in [0.15, 0.2) is 5.76 Å². The van der Waals surface area contributed by atoms with Crippen LogP contribution in [0.3, 0.4) is 0 Å². The van der Waals surface area contributed by atoms with Gasteiger partial charge in [-0.2, -0.15) is 0 Å². The number of furan rings is 1. The van der Waals surface area contributed by atoms with Crippen LogP contribution < -0.4 is 0 Å². The number of nitrogens with zero attached hydrogens (tertiary/aromatic N) is 4. The van der Waals surface area contributed by atoms with Gasteiger partial charge in [-0.1, -0.05) is 6.92 Å². The molecule has 3 heterocycles. The third kappa shape index (κ3) is 4.88. The molecular weight excluding hydrogens is 419 g/mol. The maximum atomic E-state index is 13.3. The molecule has 1 amide bonds. The Morgan fingerprint density at radius 3 is 2.71 bits per heavy atom. The minimum atomic E-state index is -0.309. The highest BCUT2D eigenvalue weighted by atomic mass is 32.1. The largest absolute Gasteiger partial charge is 0.459 e. The maximum Gasteiger partial charge on any atom is 0.283 e. The first-order valence-corrected chi connectivity index (χ1v) is 10.7. The second kappa shape index (κ2) is 9.22. The fourth-order valence-corrected chi connectivity index (χ4v) is 4.16. The Balaban J connectivity index is 1.51. The monoisotopic (exact) mass is 440 g/mol. The number of hydrogen-bond acceptors (Lipinski definition) is 7. The van der Waals surface area contributed by atoms with E-state index in [1.54, 1.807) is 29.2 Å². The summed E-state index contributed by atoms with van der Waals surface area (Å²) < 4.78 is 24.2. The predicted octanol–water partition coefficient (Wildman–Crippen LogP) is 4.88. The summed E-state index contributed by atoms with van der Waals surface area (Å²) in [5.74, 6) is 0.728. The lowest BCUT2D eigenvalue weighted by Crippen LogP contribution is -2.32. The molecule has 160 valence electrons. The van der Waals surface area contributed by atoms with Crippen molar-refractivity contribution in [2.75, 3.05) is 6.54 Å². The van der Waals surface area contributed by atoms with Gasteiger partial charge in [-0.05, 0) is 49.7 Å². The standard InChI is InChI=1S/C22H21FN4O3S/c1-3-10-27(13-19-25-26-22(30-19)17-5-4-11-29-17)20(28)12-18-21(24-14(2)31-18)15-6-8-16(23)9-7-15/h4-9,11H,3,10,12-13H2,1-2H3. The Hall–Kier alpha value is -3.33. The predicted molar refractivity (Wildman–Crippen MR) is 114 cm³/mol. The highest BCUT2D eigenvalue weighted by molar-refractivity contribution is 7.12. The number of rotatable bonds is 8. The SMILES string of the molecule is CCCN(Cc1nnc(-c2ccco2)o1)C(=O)Cc1sc(C)nc1-c1ccc(F)cc1. The van der Waals surface area contributed by atoms with Crippen molar-refractivity contribution in [3.63, 3.8) is 0 Å². The van der Waals surface area contributed by atoms with Gasteiger partial charge in [0.25, 0.3) is 5.89 Å². The Morgan fingerprint density at radius 1 is 1.19 bits per heavy atom. The van der Waals surface area contributed by atoms with Crippen LogP contribution in [0.25, 0.3) is 22.9 Å². The number of carbonyl (C=O) groups excluding carboxylic acids is 1. The summed E-state index contributed by atoms with van der Waals surface area (Å²) in [5.41, 5.74) is 1.50. The molecule has 7 nitrogen and oxygen atoms in total. The number of thiazole rings is 1. The zero-order valence-electron chi connectivity index (χ0n) is 17.2. The van der Waals surface area contributed by atoms with Crippen LogP contribution in [-0.4, -0.2) is 32.5 Å². The maximum absolute atomic E-state index is 13.3. The van der Waals surface area contributed by atoms with Crippen molar-refractivity contribution in [2.45, 2.75) is 33.2 Å². The molecule has 0 aliphatic rings. The molecule has 0 fully saturated rings. The summed E-state index contributed by atoms with van der Waals surface area (Å²) in [6.45, 7) is 4.66. The Morgan fingerprint density at radius 2 is 2.00 bits per heavy atom. The molecule has 0 radical (unpaired) electrons. The Bertz CT molecular complexity index is 1150. The van der Waals surface area contributed by atoms with E-state index in [1.807, 2.05) is 13.8 Å². The van der Waals surface area contributed by atoms with E-state index in [4.69, 9.17) is 8.83 Å². The molecule has 1 aromatic carbocycles. The first-order chi connectivity index (χ1) is 15.0. The quantitative estimate of drug-likeness (QED) is 0.388. The van der Waals surface area contributed by atoms with E-state index in [9.17, 15) is 9.18 Å². The van der Waals surface area contributed by atoms with Gasteiger partial charge in [0.2, 0.25) is 11.8 Å². The van der Waals surface area contributed by atoms with Gasteiger partial charge in [0.05, 0.1) is 29.9 Å². The number of aryl methyl sites for hydroxylation is 1. The minimum Gasteiger partial charge on any atom is -0.459 e. The molecule has 0 spiro atoms. The van der Waals surface area contributed by atoms with Gasteiger partial charge < -0.3 is 13.7 Å². The van der Waals surface area contributed by atoms with Crippen LogP contribution in [0.5, 0.6) is 0 Å². The van der Waals surface area contributed by atoms with E-state index in [-0.39, 0.29) is 30.6 Å². The van der Waals surface area contributed by atoms with Gasteiger partial charge in [0.1, 0.15) is 5.82 Å². The second-order valence-corrected chi connectivity index (χ2v) is 8.27. The summed E-state index contributed by atoms with van der Waals surface area (Å²) in [7, 11) is 0. The molecule has 0 atom stereocenters. The highest BCUT2D eigenvalue weighted by Crippen LogP contribution is 2.29. The zero-order valence-corrected chi connectivity index (χ0v) is 18.0. The normalized spacial score (nSPS) is 11.1. The zero-order chi connectivity index (χ0) is 21.8. The number of hydrogen-bond donors (Lipinski definition) is 0. The van der Waals surface area contributed by atoms with Crippen LogP contribution in [0.2, 0.25) is 0 Å². The number of carbonyl (C=O) groups is 1. The van der Waals surface area contributed by atoms with Crippen LogP contribution in [0, 0.1) is 12.7 Å². The molecule has 0 saturated heterocycles. The van der Waals surface area contributed by atoms with E-state index < -0.39 is 0 Å². The fourth-order valence-electron chi connectivity index (χ4n) is 3.21. The molecule has 3 aromatic heterocycles. The topological polar surface area (TPSA) is 85.3 Å². The first-order valence-electron chi connectivity index (χ1n) is 9.89. The molecule has 4 rings (SSSR count). The van der Waals surface area contributed by atoms with Crippen LogP contribution in [0.1, 0.15) is 29.1 Å². The van der Waals surface area contributed by atoms with Gasteiger partial charge in [-0.3, -0.25) is 4.79 Å². The summed E-state index contributed by atoms with van der Waals surface area (Å²) in [6.07, 6.45) is 2.51. The average Bonchev–Trinajstić information content (AvgIpc) is 3.49. The molecule has 9 heteroatoms. The summed E-state index contributed by atoms with van der Waals surface area (Å²) in [5, 5.41) is 8.89. The number of aromatic nitrogens is 3. The second-order valence-electron chi connectivity index (χ2n) is 6.98. The molecule has 0 aliphatic heterocycles. The van der Waals surface area contributed by atoms with Crippen molar-refractivity contribution in [3.05, 3.63) is 64.3 Å². The molecule has 0 aliphatic carbocycles. The van der Waals surface area contributed by atoms with Gasteiger partial charge in [-0.15, -0.1) is 21.5 Å². The molecular formula is C22H21FN4O3S. The van der Waals surface area contributed by atoms with E-state index in [0.717, 1.165) is 21.9 Å². The molecule has 0 N–H and O–H groups in total. The van der Waals surface area contributed by atoms with Crippen LogP contribution >= 0.6 is 11.3 Å². The summed E-state index contributed by atoms with van der Waals surface area (Å²) in [4.78, 5) is 20.2. The fraction of sp³-hybridized carbons (Fsp3) is 0.273. The molecule has 0 unspecified atom stereocenters. The third-order valence-electron chi connectivity index (χ3n) is 4.60. The lowest BCUT2D eigenvalue weighted by atomic mass is 10.1. The van der Waals surface area contributed by atoms with Crippen LogP contribution in [-0.2, 0) is 17.8 Å². The highest BCUT2D eigenvalue weighted by Gasteiger charge is 2.21. The minimum absolute atomic E-state index is 0.0633. The lowest BCUT2D eigenvalue weighted by molar-refractivity contribution is -0.131. The van der Waals surface area contributed by atoms with Crippen molar-refractivity contribution in [3.8, 4) is 22.9 Å². The third-order valence-corrected chi connectivity index (χ3v) is 5.58. The Labute approximate surface area is 182 Å². The van der Waals surface area contributed by atoms with Crippen molar-refractivity contribution in [1.29, 1.82) is 0 Å².